The average Bonchev–Trinajstić information content (AvgIpc) is 3.82. The fraction of sp³-hybridized carbons (Fsp3) is 0. The Hall–Kier alpha value is -9.18. The molecule has 3 nitrogen and oxygen atoms in total. The van der Waals surface area contributed by atoms with Gasteiger partial charge in [0.1, 0.15) is 11.2 Å². The van der Waals surface area contributed by atoms with Gasteiger partial charge in [0.05, 0.1) is 5.52 Å². The van der Waals surface area contributed by atoms with E-state index in [4.69, 9.17) is 4.42 Å². The molecule has 0 aliphatic carbocycles. The van der Waals surface area contributed by atoms with Crippen molar-refractivity contribution in [1.29, 1.82) is 0 Å². The molecule has 0 aliphatic rings. The van der Waals surface area contributed by atoms with Crippen LogP contribution in [-0.2, 0) is 0 Å². The first-order valence-electron chi connectivity index (χ1n) is 23.2. The summed E-state index contributed by atoms with van der Waals surface area (Å²) in [4.78, 5) is 2.24. The molecular weight excluding hydrogens is 837 g/mol. The van der Waals surface area contributed by atoms with Crippen molar-refractivity contribution >= 4 is 56.4 Å². The molecule has 0 saturated carbocycles. The van der Waals surface area contributed by atoms with Crippen LogP contribution in [0.15, 0.2) is 290 Å². The number of allylic oxidation sites excluding steroid dienone is 7. The summed E-state index contributed by atoms with van der Waals surface area (Å²) in [5.41, 5.74) is 16.1. The SMILES string of the molecule is C=C/C=C\C=C\c1ccc(N(/C(C=C)=C/C=C/c2ccccc2)c2ccc(-c3ccc(-c4ccc5oc6ccc(-c7ccc8c(ccccccn8-c8ccccc8)c7)cc6c5c4)cc3)cc2)cc1. The van der Waals surface area contributed by atoms with Gasteiger partial charge in [-0.2, -0.15) is 0 Å². The van der Waals surface area contributed by atoms with Crippen molar-refractivity contribution in [2.45, 2.75) is 0 Å². The van der Waals surface area contributed by atoms with Crippen LogP contribution in [0, 0.1) is 0 Å². The minimum absolute atomic E-state index is 0.872. The van der Waals surface area contributed by atoms with Gasteiger partial charge in [0.25, 0.3) is 0 Å². The van der Waals surface area contributed by atoms with Crippen LogP contribution in [0.2, 0.25) is 0 Å². The number of rotatable bonds is 13. The summed E-state index contributed by atoms with van der Waals surface area (Å²) >= 11 is 0. The third kappa shape index (κ3) is 9.85. The molecule has 0 radical (unpaired) electrons. The zero-order valence-corrected chi connectivity index (χ0v) is 38.3. The summed E-state index contributed by atoms with van der Waals surface area (Å²) in [5, 5.41) is 3.33. The molecule has 0 atom stereocenters. The smallest absolute Gasteiger partial charge is 0.135 e. The molecule has 0 fully saturated rings. The van der Waals surface area contributed by atoms with Crippen molar-refractivity contribution in [3.63, 3.8) is 0 Å². The van der Waals surface area contributed by atoms with E-state index in [9.17, 15) is 0 Å². The minimum Gasteiger partial charge on any atom is -0.456 e. The van der Waals surface area contributed by atoms with Crippen LogP contribution < -0.4 is 4.90 Å². The topological polar surface area (TPSA) is 21.3 Å². The van der Waals surface area contributed by atoms with E-state index in [0.29, 0.717) is 0 Å². The molecule has 0 spiro atoms. The van der Waals surface area contributed by atoms with Crippen LogP contribution in [0.1, 0.15) is 11.1 Å². The maximum atomic E-state index is 6.39. The number of anilines is 2. The number of fused-ring (bicyclic) bond motifs is 4. The third-order valence-corrected chi connectivity index (χ3v) is 12.3. The molecule has 3 heteroatoms. The Kier molecular flexibility index (Phi) is 13.0. The van der Waals surface area contributed by atoms with E-state index in [1.54, 1.807) is 6.08 Å². The van der Waals surface area contributed by atoms with Crippen molar-refractivity contribution in [2.24, 2.45) is 0 Å². The van der Waals surface area contributed by atoms with Crippen LogP contribution in [0.25, 0.3) is 84.1 Å². The third-order valence-electron chi connectivity index (χ3n) is 12.3. The monoisotopic (exact) mass is 886 g/mol. The van der Waals surface area contributed by atoms with E-state index < -0.39 is 0 Å². The van der Waals surface area contributed by atoms with E-state index >= 15 is 0 Å². The van der Waals surface area contributed by atoms with E-state index in [0.717, 1.165) is 100 Å². The van der Waals surface area contributed by atoms with Crippen molar-refractivity contribution in [1.82, 2.24) is 4.57 Å². The number of hydrogen-bond donors (Lipinski definition) is 0. The lowest BCUT2D eigenvalue weighted by Crippen LogP contribution is -2.14. The molecule has 0 amide bonds. The molecule has 330 valence electrons. The summed E-state index contributed by atoms with van der Waals surface area (Å²) in [7, 11) is 0. The Morgan fingerprint density at radius 2 is 0.942 bits per heavy atom. The van der Waals surface area contributed by atoms with E-state index in [2.05, 4.69) is 247 Å². The summed E-state index contributed by atoms with van der Waals surface area (Å²) in [6, 6.07) is 77.2. The highest BCUT2D eigenvalue weighted by Gasteiger charge is 2.15. The van der Waals surface area contributed by atoms with Crippen molar-refractivity contribution in [3.8, 4) is 39.1 Å². The van der Waals surface area contributed by atoms with E-state index in [-0.39, 0.29) is 0 Å². The predicted molar refractivity (Wildman–Crippen MR) is 295 cm³/mol. The van der Waals surface area contributed by atoms with Gasteiger partial charge in [-0.3, -0.25) is 0 Å². The van der Waals surface area contributed by atoms with Gasteiger partial charge in [-0.05, 0) is 141 Å². The molecule has 0 unspecified atom stereocenters. The van der Waals surface area contributed by atoms with Crippen LogP contribution >= 0.6 is 0 Å². The molecule has 69 heavy (non-hydrogen) atoms. The zero-order valence-electron chi connectivity index (χ0n) is 38.3. The summed E-state index contributed by atoms with van der Waals surface area (Å²) in [6.45, 7) is 7.98. The standard InChI is InChI=1S/C66H50N2O/c1-3-5-6-11-21-50-27-38-60(39-28-50)68(58(4-2)26-18-22-49-19-12-9-13-20-49)61-40-33-52(34-41-61)51-29-31-53(32-30-51)55-36-43-65-62(47-55)63-48-56(37-44-66(63)69-65)54-35-42-64-57(46-54)23-14-7-8-17-45-67(64)59-24-15-10-16-25-59/h3-48H,1-2H2/b6-5-,8-7?,21-11+,22-18+,23-14?,45-17?,58-26+. The van der Waals surface area contributed by atoms with Gasteiger partial charge in [0.15, 0.2) is 0 Å². The summed E-state index contributed by atoms with van der Waals surface area (Å²) in [5.74, 6) is 0. The van der Waals surface area contributed by atoms with Gasteiger partial charge in [-0.1, -0.05) is 195 Å². The Morgan fingerprint density at radius 1 is 0.435 bits per heavy atom. The van der Waals surface area contributed by atoms with E-state index in [1.165, 1.54) is 0 Å². The maximum Gasteiger partial charge on any atom is 0.135 e. The lowest BCUT2D eigenvalue weighted by molar-refractivity contribution is 0.669. The largest absolute Gasteiger partial charge is 0.456 e. The highest BCUT2D eigenvalue weighted by Crippen LogP contribution is 2.37. The predicted octanol–water partition coefficient (Wildman–Crippen LogP) is 18.3. The van der Waals surface area contributed by atoms with Crippen molar-refractivity contribution < 1.29 is 4.42 Å². The second kappa shape index (κ2) is 20.6. The zero-order chi connectivity index (χ0) is 46.8. The molecule has 0 saturated heterocycles. The van der Waals surface area contributed by atoms with Crippen LogP contribution in [0.4, 0.5) is 11.4 Å². The molecule has 0 aliphatic heterocycles. The highest BCUT2D eigenvalue weighted by atomic mass is 16.3. The molecule has 2 aromatic heterocycles. The fourth-order valence-corrected chi connectivity index (χ4v) is 8.75. The number of benzene rings is 8. The van der Waals surface area contributed by atoms with Gasteiger partial charge >= 0.3 is 0 Å². The molecular formula is C66H50N2O. The Balaban J connectivity index is 0.928. The number of nitrogens with zero attached hydrogens (tertiary/aromatic N) is 2. The first-order chi connectivity index (χ1) is 34.1. The molecule has 2 heterocycles. The second-order valence-electron chi connectivity index (χ2n) is 16.7. The fourth-order valence-electron chi connectivity index (χ4n) is 8.75. The average molecular weight is 887 g/mol. The quantitative estimate of drug-likeness (QED) is 0.108. The normalized spacial score (nSPS) is 11.8. The van der Waals surface area contributed by atoms with Gasteiger partial charge in [0.2, 0.25) is 0 Å². The number of aromatic nitrogens is 1. The first kappa shape index (κ1) is 43.7. The Labute approximate surface area is 404 Å². The summed E-state index contributed by atoms with van der Waals surface area (Å²) in [6.07, 6.45) is 20.1. The minimum atomic E-state index is 0.872. The Morgan fingerprint density at radius 3 is 1.61 bits per heavy atom. The van der Waals surface area contributed by atoms with Crippen LogP contribution in [-0.4, -0.2) is 4.57 Å². The Bertz CT molecular complexity index is 3600. The lowest BCUT2D eigenvalue weighted by Gasteiger charge is -2.26. The van der Waals surface area contributed by atoms with E-state index in [1.807, 2.05) is 48.6 Å². The highest BCUT2D eigenvalue weighted by molar-refractivity contribution is 6.08. The van der Waals surface area contributed by atoms with Crippen LogP contribution in [0.3, 0.4) is 0 Å². The van der Waals surface area contributed by atoms with Gasteiger partial charge < -0.3 is 13.9 Å². The molecule has 0 N–H and O–H groups in total. The maximum absolute atomic E-state index is 6.39. The lowest BCUT2D eigenvalue weighted by atomic mass is 9.98. The molecule has 0 bridgehead atoms. The molecule has 10 aromatic rings. The first-order valence-corrected chi connectivity index (χ1v) is 23.2. The van der Waals surface area contributed by atoms with Gasteiger partial charge in [-0.15, -0.1) is 0 Å². The number of furan rings is 1. The number of hydrogen-bond acceptors (Lipinski definition) is 2. The van der Waals surface area contributed by atoms with Crippen molar-refractivity contribution in [3.05, 3.63) is 297 Å². The molecule has 10 rings (SSSR count). The molecule has 8 aromatic carbocycles. The van der Waals surface area contributed by atoms with Gasteiger partial charge in [0, 0.05) is 39.7 Å². The van der Waals surface area contributed by atoms with Crippen LogP contribution in [0.5, 0.6) is 0 Å². The summed E-state index contributed by atoms with van der Waals surface area (Å²) < 4.78 is 8.63. The van der Waals surface area contributed by atoms with Crippen molar-refractivity contribution in [2.75, 3.05) is 4.90 Å². The number of para-hydroxylation sites is 1. The van der Waals surface area contributed by atoms with Gasteiger partial charge in [-0.25, -0.2) is 0 Å². The second-order valence-corrected chi connectivity index (χ2v) is 16.7.